The SMILES string of the molecule is Cc1nc(C2CCN(C(=O)C3CC3)CCN2C(=O)c2cccnc2)n[nH]1. The van der Waals surface area contributed by atoms with E-state index in [9.17, 15) is 9.59 Å². The first kappa shape index (κ1) is 16.7. The van der Waals surface area contributed by atoms with Crippen molar-refractivity contribution in [2.75, 3.05) is 19.6 Å². The maximum atomic E-state index is 13.1. The molecule has 0 aromatic carbocycles. The lowest BCUT2D eigenvalue weighted by molar-refractivity contribution is -0.132. The van der Waals surface area contributed by atoms with Crippen molar-refractivity contribution in [2.45, 2.75) is 32.2 Å². The molecular formula is C18H22N6O2. The molecule has 2 amide bonds. The van der Waals surface area contributed by atoms with Crippen molar-refractivity contribution < 1.29 is 9.59 Å². The highest BCUT2D eigenvalue weighted by Crippen LogP contribution is 2.33. The largest absolute Gasteiger partial charge is 0.341 e. The van der Waals surface area contributed by atoms with Crippen molar-refractivity contribution >= 4 is 11.8 Å². The molecule has 2 fully saturated rings. The molecule has 136 valence electrons. The van der Waals surface area contributed by atoms with E-state index in [-0.39, 0.29) is 23.8 Å². The van der Waals surface area contributed by atoms with Gasteiger partial charge < -0.3 is 9.80 Å². The number of carbonyl (C=O) groups is 2. The van der Waals surface area contributed by atoms with E-state index < -0.39 is 0 Å². The molecule has 1 atom stereocenters. The van der Waals surface area contributed by atoms with Gasteiger partial charge in [0.1, 0.15) is 5.82 Å². The molecule has 0 bridgehead atoms. The van der Waals surface area contributed by atoms with Crippen LogP contribution in [0.25, 0.3) is 0 Å². The Balaban J connectivity index is 1.61. The number of aromatic nitrogens is 4. The molecule has 0 spiro atoms. The summed E-state index contributed by atoms with van der Waals surface area (Å²) in [5.74, 6) is 1.60. The number of nitrogens with zero attached hydrogens (tertiary/aromatic N) is 5. The Kier molecular flexibility index (Phi) is 4.40. The van der Waals surface area contributed by atoms with E-state index in [1.807, 2.05) is 11.8 Å². The summed E-state index contributed by atoms with van der Waals surface area (Å²) in [6.07, 6.45) is 5.81. The van der Waals surface area contributed by atoms with Crippen LogP contribution in [-0.2, 0) is 4.79 Å². The summed E-state index contributed by atoms with van der Waals surface area (Å²) in [5, 5.41) is 7.13. The zero-order valence-electron chi connectivity index (χ0n) is 14.8. The lowest BCUT2D eigenvalue weighted by Crippen LogP contribution is -2.39. The summed E-state index contributed by atoms with van der Waals surface area (Å²) in [5.41, 5.74) is 0.534. The number of hydrogen-bond acceptors (Lipinski definition) is 5. The van der Waals surface area contributed by atoms with Crippen molar-refractivity contribution in [3.63, 3.8) is 0 Å². The predicted octanol–water partition coefficient (Wildman–Crippen LogP) is 1.33. The smallest absolute Gasteiger partial charge is 0.256 e. The fourth-order valence-electron chi connectivity index (χ4n) is 3.41. The topological polar surface area (TPSA) is 95.1 Å². The monoisotopic (exact) mass is 354 g/mol. The summed E-state index contributed by atoms with van der Waals surface area (Å²) < 4.78 is 0. The van der Waals surface area contributed by atoms with Gasteiger partial charge in [0.15, 0.2) is 5.82 Å². The second kappa shape index (κ2) is 6.86. The van der Waals surface area contributed by atoms with Gasteiger partial charge in [-0.3, -0.25) is 19.7 Å². The molecule has 1 saturated heterocycles. The second-order valence-electron chi connectivity index (χ2n) is 6.92. The Hall–Kier alpha value is -2.77. The first-order chi connectivity index (χ1) is 12.6. The Morgan fingerprint density at radius 3 is 2.69 bits per heavy atom. The molecule has 1 saturated carbocycles. The minimum absolute atomic E-state index is 0.105. The molecule has 1 unspecified atom stereocenters. The maximum Gasteiger partial charge on any atom is 0.256 e. The van der Waals surface area contributed by atoms with E-state index in [1.165, 1.54) is 0 Å². The van der Waals surface area contributed by atoms with Crippen LogP contribution < -0.4 is 0 Å². The lowest BCUT2D eigenvalue weighted by atomic mass is 10.1. The van der Waals surface area contributed by atoms with E-state index in [1.54, 1.807) is 29.4 Å². The Bertz CT molecular complexity index is 801. The zero-order valence-corrected chi connectivity index (χ0v) is 14.8. The molecule has 3 heterocycles. The summed E-state index contributed by atoms with van der Waals surface area (Å²) in [7, 11) is 0. The third-order valence-corrected chi connectivity index (χ3v) is 4.98. The third kappa shape index (κ3) is 3.31. The standard InChI is InChI=1S/C18H22N6O2/c1-12-20-16(22-21-12)15-6-8-23(17(25)13-4-5-13)9-10-24(15)18(26)14-3-2-7-19-11-14/h2-3,7,11,13,15H,4-6,8-10H2,1H3,(H,20,21,22). The molecule has 2 aromatic heterocycles. The van der Waals surface area contributed by atoms with E-state index in [4.69, 9.17) is 0 Å². The first-order valence-corrected chi connectivity index (χ1v) is 9.02. The number of pyridine rings is 1. The number of hydrogen-bond donors (Lipinski definition) is 1. The minimum Gasteiger partial charge on any atom is -0.341 e. The minimum atomic E-state index is -0.260. The van der Waals surface area contributed by atoms with E-state index in [2.05, 4.69) is 20.2 Å². The van der Waals surface area contributed by atoms with Crippen molar-refractivity contribution in [3.8, 4) is 0 Å². The zero-order chi connectivity index (χ0) is 18.1. The molecule has 0 radical (unpaired) electrons. The molecule has 2 aromatic rings. The number of amides is 2. The number of H-pyrrole nitrogens is 1. The second-order valence-corrected chi connectivity index (χ2v) is 6.92. The molecule has 1 aliphatic carbocycles. The maximum absolute atomic E-state index is 13.1. The van der Waals surface area contributed by atoms with Crippen LogP contribution >= 0.6 is 0 Å². The van der Waals surface area contributed by atoms with Crippen LogP contribution in [0.3, 0.4) is 0 Å². The van der Waals surface area contributed by atoms with Gasteiger partial charge in [0.25, 0.3) is 5.91 Å². The van der Waals surface area contributed by atoms with Gasteiger partial charge in [-0.15, -0.1) is 0 Å². The van der Waals surface area contributed by atoms with E-state index >= 15 is 0 Å². The van der Waals surface area contributed by atoms with Crippen LogP contribution in [0.1, 0.15) is 47.3 Å². The Morgan fingerprint density at radius 1 is 1.19 bits per heavy atom. The van der Waals surface area contributed by atoms with Crippen LogP contribution in [-0.4, -0.2) is 61.4 Å². The number of nitrogens with one attached hydrogen (secondary N) is 1. The Morgan fingerprint density at radius 2 is 2.04 bits per heavy atom. The number of carbonyl (C=O) groups excluding carboxylic acids is 2. The fourth-order valence-corrected chi connectivity index (χ4v) is 3.41. The normalized spacial score (nSPS) is 20.7. The van der Waals surface area contributed by atoms with Gasteiger partial charge in [-0.1, -0.05) is 0 Å². The van der Waals surface area contributed by atoms with Gasteiger partial charge in [-0.2, -0.15) is 5.10 Å². The molecule has 26 heavy (non-hydrogen) atoms. The third-order valence-electron chi connectivity index (χ3n) is 4.98. The highest BCUT2D eigenvalue weighted by atomic mass is 16.2. The first-order valence-electron chi connectivity index (χ1n) is 9.02. The summed E-state index contributed by atoms with van der Waals surface area (Å²) >= 11 is 0. The fraction of sp³-hybridized carbons (Fsp3) is 0.500. The Labute approximate surface area is 151 Å². The highest BCUT2D eigenvalue weighted by Gasteiger charge is 2.37. The summed E-state index contributed by atoms with van der Waals surface area (Å²) in [6, 6.07) is 3.25. The van der Waals surface area contributed by atoms with Gasteiger partial charge in [0, 0.05) is 37.9 Å². The van der Waals surface area contributed by atoms with Gasteiger partial charge in [0.2, 0.25) is 5.91 Å². The predicted molar refractivity (Wildman–Crippen MR) is 93.1 cm³/mol. The molecular weight excluding hydrogens is 332 g/mol. The number of aromatic amines is 1. The van der Waals surface area contributed by atoms with Crippen LogP contribution in [0.2, 0.25) is 0 Å². The quantitative estimate of drug-likeness (QED) is 0.897. The van der Waals surface area contributed by atoms with Gasteiger partial charge in [-0.25, -0.2) is 4.98 Å². The van der Waals surface area contributed by atoms with Gasteiger partial charge in [0.05, 0.1) is 11.6 Å². The lowest BCUT2D eigenvalue weighted by Gasteiger charge is -2.27. The van der Waals surface area contributed by atoms with E-state index in [0.717, 1.165) is 12.8 Å². The molecule has 2 aliphatic rings. The summed E-state index contributed by atoms with van der Waals surface area (Å²) in [4.78, 5) is 37.7. The van der Waals surface area contributed by atoms with Crippen LogP contribution in [0, 0.1) is 12.8 Å². The van der Waals surface area contributed by atoms with E-state index in [0.29, 0.717) is 43.3 Å². The molecule has 8 nitrogen and oxygen atoms in total. The summed E-state index contributed by atoms with van der Waals surface area (Å²) in [6.45, 7) is 3.46. The molecule has 1 N–H and O–H groups in total. The number of aryl methyl sites for hydroxylation is 1. The molecule has 4 rings (SSSR count). The van der Waals surface area contributed by atoms with Crippen molar-refractivity contribution in [1.82, 2.24) is 30.0 Å². The van der Waals surface area contributed by atoms with Crippen LogP contribution in [0.15, 0.2) is 24.5 Å². The average Bonchev–Trinajstić information content (AvgIpc) is 3.46. The van der Waals surface area contributed by atoms with Crippen LogP contribution in [0.4, 0.5) is 0 Å². The highest BCUT2D eigenvalue weighted by molar-refractivity contribution is 5.94. The van der Waals surface area contributed by atoms with Gasteiger partial charge in [-0.05, 0) is 38.3 Å². The van der Waals surface area contributed by atoms with Crippen LogP contribution in [0.5, 0.6) is 0 Å². The van der Waals surface area contributed by atoms with Crippen molar-refractivity contribution in [2.24, 2.45) is 5.92 Å². The van der Waals surface area contributed by atoms with Crippen molar-refractivity contribution in [3.05, 3.63) is 41.7 Å². The average molecular weight is 354 g/mol. The number of rotatable bonds is 3. The molecule has 8 heteroatoms. The van der Waals surface area contributed by atoms with Crippen molar-refractivity contribution in [1.29, 1.82) is 0 Å². The van der Waals surface area contributed by atoms with Gasteiger partial charge >= 0.3 is 0 Å². The molecule has 1 aliphatic heterocycles.